The molecule has 1 aromatic carbocycles. The van der Waals surface area contributed by atoms with Crippen LogP contribution in [0.5, 0.6) is 0 Å². The Hall–Kier alpha value is -1.46. The van der Waals surface area contributed by atoms with E-state index in [4.69, 9.17) is 0 Å². The van der Waals surface area contributed by atoms with Crippen molar-refractivity contribution in [2.75, 3.05) is 30.3 Å². The van der Waals surface area contributed by atoms with E-state index in [1.54, 1.807) is 30.3 Å². The normalized spacial score (nSPS) is 11.3. The van der Waals surface area contributed by atoms with E-state index in [2.05, 4.69) is 47.9 Å². The lowest BCUT2D eigenvalue weighted by Crippen LogP contribution is -2.29. The van der Waals surface area contributed by atoms with E-state index < -0.39 is 10.0 Å². The van der Waals surface area contributed by atoms with Gasteiger partial charge in [0.05, 0.1) is 4.90 Å². The fraction of sp³-hybridized carbons (Fsp3) is 0.333. The van der Waals surface area contributed by atoms with Crippen molar-refractivity contribution < 1.29 is 8.42 Å². The molecule has 0 aliphatic rings. The molecule has 0 aliphatic heterocycles. The van der Waals surface area contributed by atoms with Crippen LogP contribution in [0.25, 0.3) is 0 Å². The monoisotopic (exact) mass is 461 g/mol. The number of benzene rings is 1. The fourth-order valence-corrected chi connectivity index (χ4v) is 3.39. The number of hydrogen-bond donors (Lipinski definition) is 3. The second-order valence-electron chi connectivity index (χ2n) is 4.99. The van der Waals surface area contributed by atoms with Crippen molar-refractivity contribution in [2.45, 2.75) is 18.7 Å². The molecule has 1 heterocycles. The molecule has 24 heavy (non-hydrogen) atoms. The van der Waals surface area contributed by atoms with E-state index in [1.165, 1.54) is 0 Å². The van der Waals surface area contributed by atoms with Crippen molar-refractivity contribution in [3.63, 3.8) is 0 Å². The molecule has 0 fully saturated rings. The fourth-order valence-electron chi connectivity index (χ4n) is 2.00. The number of sulfonamides is 1. The first kappa shape index (κ1) is 18.9. The first-order valence-electron chi connectivity index (χ1n) is 7.49. The zero-order valence-corrected chi connectivity index (χ0v) is 16.5. The van der Waals surface area contributed by atoms with E-state index in [0.717, 1.165) is 15.9 Å². The Morgan fingerprint density at radius 2 is 1.67 bits per heavy atom. The van der Waals surface area contributed by atoms with Crippen molar-refractivity contribution in [3.8, 4) is 0 Å². The maximum atomic E-state index is 12.2. The molecule has 9 heteroatoms. The topological polar surface area (TPSA) is 96.0 Å². The summed E-state index contributed by atoms with van der Waals surface area (Å²) in [4.78, 5) is 8.80. The molecule has 0 radical (unpaired) electrons. The van der Waals surface area contributed by atoms with Gasteiger partial charge in [0.25, 0.3) is 0 Å². The lowest BCUT2D eigenvalue weighted by molar-refractivity contribution is 0.583. The van der Waals surface area contributed by atoms with E-state index in [-0.39, 0.29) is 11.4 Å². The van der Waals surface area contributed by atoms with Crippen molar-refractivity contribution in [1.82, 2.24) is 14.7 Å². The number of nitrogens with one attached hydrogen (secondary N) is 3. The minimum absolute atomic E-state index is 0.258. The Morgan fingerprint density at radius 1 is 1.04 bits per heavy atom. The SMILES string of the molecule is CCNc1cc(NCCNS(=O)(=O)c2ccc(I)cc2)nc(C)n1. The molecule has 0 amide bonds. The molecule has 2 rings (SSSR count). The summed E-state index contributed by atoms with van der Waals surface area (Å²) in [5.74, 6) is 2.05. The summed E-state index contributed by atoms with van der Waals surface area (Å²) in [6, 6.07) is 8.50. The third-order valence-corrected chi connectivity index (χ3v) is 5.24. The molecule has 2 aromatic rings. The lowest BCUT2D eigenvalue weighted by Gasteiger charge is -2.10. The number of halogens is 1. The Labute approximate surface area is 155 Å². The van der Waals surface area contributed by atoms with Gasteiger partial charge < -0.3 is 10.6 Å². The number of aryl methyl sites for hydroxylation is 1. The quantitative estimate of drug-likeness (QED) is 0.412. The Balaban J connectivity index is 1.89. The Morgan fingerprint density at radius 3 is 2.29 bits per heavy atom. The number of aromatic nitrogens is 2. The van der Waals surface area contributed by atoms with Gasteiger partial charge in [-0.05, 0) is 60.7 Å². The molecule has 0 bridgehead atoms. The zero-order chi connectivity index (χ0) is 17.6. The van der Waals surface area contributed by atoms with Gasteiger partial charge in [0.2, 0.25) is 10.0 Å². The molecule has 130 valence electrons. The molecule has 3 N–H and O–H groups in total. The summed E-state index contributed by atoms with van der Waals surface area (Å²) in [6.07, 6.45) is 0. The largest absolute Gasteiger partial charge is 0.370 e. The molecule has 7 nitrogen and oxygen atoms in total. The van der Waals surface area contributed by atoms with Gasteiger partial charge in [0, 0.05) is 29.3 Å². The summed E-state index contributed by atoms with van der Waals surface area (Å²) in [5.41, 5.74) is 0. The Bertz CT molecular complexity index is 781. The summed E-state index contributed by atoms with van der Waals surface area (Å²) in [5, 5.41) is 6.22. The lowest BCUT2D eigenvalue weighted by atomic mass is 10.4. The second kappa shape index (κ2) is 8.58. The van der Waals surface area contributed by atoms with Crippen LogP contribution in [-0.2, 0) is 10.0 Å². The first-order chi connectivity index (χ1) is 11.4. The number of rotatable bonds is 8. The van der Waals surface area contributed by atoms with E-state index in [0.29, 0.717) is 18.2 Å². The molecular formula is C15H20IN5O2S. The van der Waals surface area contributed by atoms with Crippen LogP contribution in [0.4, 0.5) is 11.6 Å². The van der Waals surface area contributed by atoms with Crippen molar-refractivity contribution in [3.05, 3.63) is 39.7 Å². The van der Waals surface area contributed by atoms with Crippen LogP contribution in [0.15, 0.2) is 35.2 Å². The predicted molar refractivity (Wildman–Crippen MR) is 104 cm³/mol. The van der Waals surface area contributed by atoms with Gasteiger partial charge in [-0.3, -0.25) is 0 Å². The molecular weight excluding hydrogens is 441 g/mol. The summed E-state index contributed by atoms with van der Waals surface area (Å²) < 4.78 is 27.9. The highest BCUT2D eigenvalue weighted by Gasteiger charge is 2.12. The average Bonchev–Trinajstić information content (AvgIpc) is 2.52. The smallest absolute Gasteiger partial charge is 0.240 e. The number of anilines is 2. The van der Waals surface area contributed by atoms with Gasteiger partial charge in [-0.2, -0.15) is 0 Å². The summed E-state index contributed by atoms with van der Waals surface area (Å²) in [6.45, 7) is 5.25. The van der Waals surface area contributed by atoms with Crippen LogP contribution in [-0.4, -0.2) is 38.0 Å². The molecule has 0 spiro atoms. The highest BCUT2D eigenvalue weighted by molar-refractivity contribution is 14.1. The van der Waals surface area contributed by atoms with Crippen LogP contribution >= 0.6 is 22.6 Å². The van der Waals surface area contributed by atoms with Gasteiger partial charge >= 0.3 is 0 Å². The van der Waals surface area contributed by atoms with E-state index >= 15 is 0 Å². The van der Waals surface area contributed by atoms with E-state index in [1.807, 2.05) is 13.8 Å². The minimum atomic E-state index is -3.49. The third kappa shape index (κ3) is 5.56. The maximum Gasteiger partial charge on any atom is 0.240 e. The van der Waals surface area contributed by atoms with Crippen LogP contribution in [0.1, 0.15) is 12.7 Å². The molecule has 0 atom stereocenters. The number of hydrogen-bond acceptors (Lipinski definition) is 6. The molecule has 1 aromatic heterocycles. The molecule has 0 saturated carbocycles. The maximum absolute atomic E-state index is 12.2. The standard InChI is InChI=1S/C15H20IN5O2S/c1-3-17-14-10-15(21-11(2)20-14)18-8-9-19-24(22,23)13-6-4-12(16)5-7-13/h4-7,10,19H,3,8-9H2,1-2H3,(H2,17,18,20,21). The molecule has 0 aliphatic carbocycles. The van der Waals surface area contributed by atoms with E-state index in [9.17, 15) is 8.42 Å². The van der Waals surface area contributed by atoms with Gasteiger partial charge in [0.15, 0.2) is 0 Å². The highest BCUT2D eigenvalue weighted by atomic mass is 127. The van der Waals surface area contributed by atoms with Crippen LogP contribution in [0.2, 0.25) is 0 Å². The first-order valence-corrected chi connectivity index (χ1v) is 10.1. The van der Waals surface area contributed by atoms with Gasteiger partial charge in [-0.15, -0.1) is 0 Å². The Kier molecular flexibility index (Phi) is 6.75. The van der Waals surface area contributed by atoms with Crippen molar-refractivity contribution in [1.29, 1.82) is 0 Å². The second-order valence-corrected chi connectivity index (χ2v) is 8.01. The van der Waals surface area contributed by atoms with Gasteiger partial charge in [0.1, 0.15) is 17.5 Å². The van der Waals surface area contributed by atoms with Crippen LogP contribution in [0, 0.1) is 10.5 Å². The molecule has 0 saturated heterocycles. The third-order valence-electron chi connectivity index (χ3n) is 3.04. The van der Waals surface area contributed by atoms with Gasteiger partial charge in [-0.25, -0.2) is 23.1 Å². The zero-order valence-electron chi connectivity index (χ0n) is 13.5. The van der Waals surface area contributed by atoms with Crippen molar-refractivity contribution >= 4 is 44.2 Å². The average molecular weight is 461 g/mol. The highest BCUT2D eigenvalue weighted by Crippen LogP contribution is 2.12. The summed E-state index contributed by atoms with van der Waals surface area (Å²) in [7, 11) is -3.49. The number of nitrogens with zero attached hydrogens (tertiary/aromatic N) is 2. The van der Waals surface area contributed by atoms with Crippen molar-refractivity contribution in [2.24, 2.45) is 0 Å². The van der Waals surface area contributed by atoms with Gasteiger partial charge in [-0.1, -0.05) is 0 Å². The summed E-state index contributed by atoms with van der Waals surface area (Å²) >= 11 is 2.13. The van der Waals surface area contributed by atoms with Crippen LogP contribution in [0.3, 0.4) is 0 Å². The van der Waals surface area contributed by atoms with Crippen LogP contribution < -0.4 is 15.4 Å². The molecule has 0 unspecified atom stereocenters. The minimum Gasteiger partial charge on any atom is -0.370 e. The predicted octanol–water partition coefficient (Wildman–Crippen LogP) is 2.21.